The number of cyclic esters (lactones) is 1. The van der Waals surface area contributed by atoms with Crippen molar-refractivity contribution < 1.29 is 43.2 Å². The molecule has 3 aliphatic heterocycles. The number of amides is 1. The standard InChI is InChI=1S/C35H60N6O9/c1-9-25-35(7)29(41(33(45)50-35)15-11-10-14-39-40-37)26(23-12-13-23)38-18-19(2)17-34(6,46-8)30(21(4)27(42)22(5)31(44)48-25)49-32-28(43)24(36)16-20(3)47-32/h19-26,28-30,32,38,43H,9-18,36H2,1-8H3/t19-,20?,21+,22-,24?,25-,26-,28?,29-,30-,32+,34-,35-/m1/s1. The first-order valence-corrected chi connectivity index (χ1v) is 18.4. The number of hydrogen-bond acceptors (Lipinski definition) is 12. The molecule has 4 aliphatic rings. The fraction of sp³-hybridized carbons (Fsp3) is 0.914. The van der Waals surface area contributed by atoms with E-state index >= 15 is 0 Å². The van der Waals surface area contributed by atoms with Gasteiger partial charge in [-0.3, -0.25) is 14.5 Å². The molecule has 0 radical (unpaired) electrons. The maximum absolute atomic E-state index is 14.2. The second kappa shape index (κ2) is 16.9. The molecule has 0 spiro atoms. The van der Waals surface area contributed by atoms with Gasteiger partial charge < -0.3 is 39.8 Å². The van der Waals surface area contributed by atoms with Crippen molar-refractivity contribution in [3.63, 3.8) is 0 Å². The minimum absolute atomic E-state index is 0.00282. The van der Waals surface area contributed by atoms with Crippen molar-refractivity contribution in [3.05, 3.63) is 10.4 Å². The molecule has 3 unspecified atom stereocenters. The van der Waals surface area contributed by atoms with E-state index in [0.717, 1.165) is 12.8 Å². The van der Waals surface area contributed by atoms with E-state index in [-0.39, 0.29) is 24.0 Å². The third kappa shape index (κ3) is 8.74. The SMILES string of the molecule is CC[C@H]1OC(=O)[C@H](C)C(=O)[C@H](C)[C@@H](O[C@@H]2OC(C)CC(N)C2O)[C@](C)(OC)C[C@@H](C)CN[C@H](C2CC2)[C@H]2N(CCCCN=[N+]=[N-])C(=O)O[C@]12C. The van der Waals surface area contributed by atoms with E-state index in [1.54, 1.807) is 18.9 Å². The Labute approximate surface area is 296 Å². The van der Waals surface area contributed by atoms with Crippen molar-refractivity contribution >= 4 is 17.8 Å². The summed E-state index contributed by atoms with van der Waals surface area (Å²) in [6.07, 6.45) is -0.306. The first kappa shape index (κ1) is 40.3. The Morgan fingerprint density at radius 1 is 1.16 bits per heavy atom. The van der Waals surface area contributed by atoms with Gasteiger partial charge in [-0.15, -0.1) is 0 Å². The van der Waals surface area contributed by atoms with Crippen LogP contribution in [0.3, 0.4) is 0 Å². The van der Waals surface area contributed by atoms with Gasteiger partial charge in [0.25, 0.3) is 0 Å². The fourth-order valence-electron chi connectivity index (χ4n) is 8.33. The third-order valence-corrected chi connectivity index (χ3v) is 11.3. The molecule has 4 N–H and O–H groups in total. The molecule has 0 aromatic heterocycles. The van der Waals surface area contributed by atoms with Crippen molar-refractivity contribution in [2.75, 3.05) is 26.7 Å². The number of carbonyl (C=O) groups is 3. The van der Waals surface area contributed by atoms with E-state index in [4.69, 9.17) is 34.9 Å². The minimum atomic E-state index is -1.21. The second-order valence-electron chi connectivity index (χ2n) is 15.5. The summed E-state index contributed by atoms with van der Waals surface area (Å²) in [5, 5.41) is 18.4. The number of Topliss-reactive ketones (excluding diaryl/α,β-unsaturated/α-hetero) is 1. The zero-order valence-electron chi connectivity index (χ0n) is 31.1. The number of aliphatic hydroxyl groups is 1. The van der Waals surface area contributed by atoms with E-state index in [1.165, 1.54) is 6.92 Å². The predicted octanol–water partition coefficient (Wildman–Crippen LogP) is 3.84. The number of aliphatic hydroxyl groups excluding tert-OH is 1. The molecule has 15 nitrogen and oxygen atoms in total. The molecular weight excluding hydrogens is 648 g/mol. The monoisotopic (exact) mass is 708 g/mol. The van der Waals surface area contributed by atoms with Gasteiger partial charge in [0.2, 0.25) is 0 Å². The van der Waals surface area contributed by atoms with Gasteiger partial charge >= 0.3 is 12.1 Å². The highest BCUT2D eigenvalue weighted by atomic mass is 16.7. The highest BCUT2D eigenvalue weighted by Crippen LogP contribution is 2.45. The molecule has 0 aromatic carbocycles. The van der Waals surface area contributed by atoms with E-state index in [1.807, 2.05) is 27.7 Å². The van der Waals surface area contributed by atoms with Crippen LogP contribution in [0.15, 0.2) is 5.11 Å². The molecule has 0 bridgehead atoms. The molecule has 0 aromatic rings. The first-order chi connectivity index (χ1) is 23.6. The number of rotatable bonds is 10. The number of unbranched alkanes of at least 4 members (excludes halogenated alkanes) is 1. The van der Waals surface area contributed by atoms with E-state index < -0.39 is 77.6 Å². The number of nitrogens with two attached hydrogens (primary N) is 1. The van der Waals surface area contributed by atoms with Crippen LogP contribution in [0.4, 0.5) is 4.79 Å². The number of fused-ring (bicyclic) bond motifs is 1. The number of methoxy groups -OCH3 is 1. The Bertz CT molecular complexity index is 1250. The Morgan fingerprint density at radius 2 is 1.86 bits per heavy atom. The van der Waals surface area contributed by atoms with Crippen LogP contribution in [0.1, 0.15) is 93.4 Å². The molecule has 50 heavy (non-hydrogen) atoms. The number of hydrogen-bond donors (Lipinski definition) is 3. The lowest BCUT2D eigenvalue weighted by molar-refractivity contribution is -0.288. The Hall–Kier alpha value is -2.52. The molecule has 4 fully saturated rings. The van der Waals surface area contributed by atoms with Gasteiger partial charge in [-0.1, -0.05) is 25.9 Å². The second-order valence-corrected chi connectivity index (χ2v) is 15.5. The lowest BCUT2D eigenvalue weighted by atomic mass is 9.78. The smallest absolute Gasteiger partial charge is 0.410 e. The third-order valence-electron chi connectivity index (χ3n) is 11.3. The molecule has 284 valence electrons. The fourth-order valence-corrected chi connectivity index (χ4v) is 8.33. The number of carbonyl (C=O) groups excluding carboxylic acids is 3. The van der Waals surface area contributed by atoms with E-state index in [0.29, 0.717) is 51.7 Å². The zero-order valence-corrected chi connectivity index (χ0v) is 31.1. The summed E-state index contributed by atoms with van der Waals surface area (Å²) >= 11 is 0. The molecule has 3 heterocycles. The average molecular weight is 709 g/mol. The highest BCUT2D eigenvalue weighted by Gasteiger charge is 2.61. The van der Waals surface area contributed by atoms with Crippen LogP contribution in [0, 0.1) is 23.7 Å². The number of azide groups is 1. The molecule has 1 amide bonds. The summed E-state index contributed by atoms with van der Waals surface area (Å²) in [4.78, 5) is 46.3. The minimum Gasteiger partial charge on any atom is -0.458 e. The Balaban J connectivity index is 1.73. The highest BCUT2D eigenvalue weighted by molar-refractivity contribution is 6.00. The van der Waals surface area contributed by atoms with Gasteiger partial charge in [0, 0.05) is 43.1 Å². The van der Waals surface area contributed by atoms with Gasteiger partial charge in [-0.2, -0.15) is 0 Å². The van der Waals surface area contributed by atoms with Crippen molar-refractivity contribution in [2.24, 2.45) is 34.5 Å². The Kier molecular flexibility index (Phi) is 13.6. The summed E-state index contributed by atoms with van der Waals surface area (Å²) in [5.41, 5.74) is 12.7. The number of ketones is 1. The quantitative estimate of drug-likeness (QED) is 0.0742. The summed E-state index contributed by atoms with van der Waals surface area (Å²) in [7, 11) is 1.57. The van der Waals surface area contributed by atoms with Crippen molar-refractivity contribution in [1.29, 1.82) is 0 Å². The average Bonchev–Trinajstić information content (AvgIpc) is 3.88. The first-order valence-electron chi connectivity index (χ1n) is 18.4. The van der Waals surface area contributed by atoms with Crippen LogP contribution in [0.25, 0.3) is 10.4 Å². The van der Waals surface area contributed by atoms with Crippen LogP contribution in [0.5, 0.6) is 0 Å². The van der Waals surface area contributed by atoms with Crippen molar-refractivity contribution in [2.45, 2.75) is 153 Å². The van der Waals surface area contributed by atoms with Gasteiger partial charge in [-0.05, 0) is 96.6 Å². The molecule has 1 aliphatic carbocycles. The number of nitrogens with zero attached hydrogens (tertiary/aromatic N) is 4. The summed E-state index contributed by atoms with van der Waals surface area (Å²) in [5.74, 6) is -2.91. The predicted molar refractivity (Wildman–Crippen MR) is 184 cm³/mol. The zero-order chi connectivity index (χ0) is 37.0. The normalized spacial score (nSPS) is 42.1. The van der Waals surface area contributed by atoms with Crippen LogP contribution in [-0.2, 0) is 33.3 Å². The number of ether oxygens (including phenoxy) is 5. The van der Waals surface area contributed by atoms with Crippen LogP contribution in [0.2, 0.25) is 0 Å². The maximum atomic E-state index is 14.2. The van der Waals surface area contributed by atoms with Gasteiger partial charge in [0.1, 0.15) is 18.1 Å². The van der Waals surface area contributed by atoms with Gasteiger partial charge in [0.05, 0.1) is 23.9 Å². The molecule has 3 saturated heterocycles. The molecule has 1 saturated carbocycles. The number of esters is 1. The van der Waals surface area contributed by atoms with Gasteiger partial charge in [-0.25, -0.2) is 4.79 Å². The molecular formula is C35H60N6O9. The van der Waals surface area contributed by atoms with Crippen LogP contribution < -0.4 is 11.1 Å². The largest absolute Gasteiger partial charge is 0.458 e. The van der Waals surface area contributed by atoms with Crippen molar-refractivity contribution in [3.8, 4) is 0 Å². The molecule has 15 heteroatoms. The number of nitrogens with one attached hydrogen (secondary N) is 1. The maximum Gasteiger partial charge on any atom is 0.410 e. The topological polar surface area (TPSA) is 208 Å². The Morgan fingerprint density at radius 3 is 2.48 bits per heavy atom. The summed E-state index contributed by atoms with van der Waals surface area (Å²) in [6.45, 7) is 14.0. The lowest BCUT2D eigenvalue weighted by Crippen LogP contribution is -2.62. The van der Waals surface area contributed by atoms with E-state index in [9.17, 15) is 19.5 Å². The summed E-state index contributed by atoms with van der Waals surface area (Å²) < 4.78 is 31.0. The van der Waals surface area contributed by atoms with Crippen molar-refractivity contribution in [1.82, 2.24) is 10.2 Å². The van der Waals surface area contributed by atoms with Gasteiger partial charge in [0.15, 0.2) is 17.7 Å². The van der Waals surface area contributed by atoms with Crippen LogP contribution in [-0.4, -0.2) is 115 Å². The lowest BCUT2D eigenvalue weighted by Gasteiger charge is -2.45. The van der Waals surface area contributed by atoms with E-state index in [2.05, 4.69) is 22.3 Å². The van der Waals surface area contributed by atoms with Crippen LogP contribution >= 0.6 is 0 Å². The molecule has 4 rings (SSSR count). The molecule has 13 atom stereocenters. The summed E-state index contributed by atoms with van der Waals surface area (Å²) in [6, 6.07) is -1.21.